The molecular formula is C8H10N2O2. The molecule has 0 unspecified atom stereocenters. The lowest BCUT2D eigenvalue weighted by Gasteiger charge is -2.01. The van der Waals surface area contributed by atoms with E-state index in [9.17, 15) is 5.11 Å². The number of hydrogen-bond donors (Lipinski definition) is 2. The average Bonchev–Trinajstić information content (AvgIpc) is 2.09. The van der Waals surface area contributed by atoms with Crippen LogP contribution in [0.15, 0.2) is 23.3 Å². The summed E-state index contributed by atoms with van der Waals surface area (Å²) in [5, 5.41) is 12.6. The number of aromatic hydroxyl groups is 1. The zero-order valence-corrected chi connectivity index (χ0v) is 6.69. The summed E-state index contributed by atoms with van der Waals surface area (Å²) in [5.74, 6) is 5.72. The molecule has 12 heavy (non-hydrogen) atoms. The van der Waals surface area contributed by atoms with Crippen molar-refractivity contribution in [3.63, 3.8) is 0 Å². The first-order valence-electron chi connectivity index (χ1n) is 3.38. The number of nitrogens with two attached hydrogens (primary N) is 1. The van der Waals surface area contributed by atoms with Crippen molar-refractivity contribution in [3.8, 4) is 11.5 Å². The first-order chi connectivity index (χ1) is 5.77. The Kier molecular flexibility index (Phi) is 2.53. The minimum atomic E-state index is 0.130. The molecule has 4 nitrogen and oxygen atoms in total. The zero-order valence-electron chi connectivity index (χ0n) is 6.69. The molecule has 1 aromatic carbocycles. The highest BCUT2D eigenvalue weighted by molar-refractivity contribution is 5.83. The number of rotatable bonds is 2. The molecule has 0 radical (unpaired) electrons. The van der Waals surface area contributed by atoms with Crippen LogP contribution in [0.1, 0.15) is 5.56 Å². The third kappa shape index (κ3) is 1.66. The third-order valence-corrected chi connectivity index (χ3v) is 1.45. The highest BCUT2D eigenvalue weighted by Gasteiger charge is 1.99. The minimum absolute atomic E-state index is 0.130. The first kappa shape index (κ1) is 8.39. The van der Waals surface area contributed by atoms with Crippen LogP contribution in [-0.2, 0) is 0 Å². The SMILES string of the molecule is COc1ccc(O)c(/C=N\N)c1. The maximum atomic E-state index is 9.26. The third-order valence-electron chi connectivity index (χ3n) is 1.45. The van der Waals surface area contributed by atoms with Crippen LogP contribution < -0.4 is 10.6 Å². The molecule has 0 fully saturated rings. The van der Waals surface area contributed by atoms with Crippen LogP contribution >= 0.6 is 0 Å². The molecule has 0 heterocycles. The molecule has 0 aliphatic carbocycles. The van der Waals surface area contributed by atoms with E-state index in [4.69, 9.17) is 10.6 Å². The Bertz CT molecular complexity index is 297. The van der Waals surface area contributed by atoms with Gasteiger partial charge in [0, 0.05) is 5.56 Å². The topological polar surface area (TPSA) is 67.8 Å². The van der Waals surface area contributed by atoms with Crippen molar-refractivity contribution in [1.29, 1.82) is 0 Å². The number of phenolic OH excluding ortho intramolecular Hbond substituents is 1. The molecule has 1 rings (SSSR count). The summed E-state index contributed by atoms with van der Waals surface area (Å²) >= 11 is 0. The standard InChI is InChI=1S/C8H10N2O2/c1-12-7-2-3-8(11)6(4-7)5-10-9/h2-5,11H,9H2,1H3/b10-5-. The second-order valence-electron chi connectivity index (χ2n) is 2.20. The van der Waals surface area contributed by atoms with Gasteiger partial charge in [-0.3, -0.25) is 0 Å². The molecule has 1 aromatic rings. The lowest BCUT2D eigenvalue weighted by molar-refractivity contribution is 0.412. The van der Waals surface area contributed by atoms with Gasteiger partial charge in [-0.25, -0.2) is 0 Å². The van der Waals surface area contributed by atoms with Gasteiger partial charge in [-0.05, 0) is 18.2 Å². The molecule has 64 valence electrons. The molecule has 0 aliphatic heterocycles. The summed E-state index contributed by atoms with van der Waals surface area (Å²) in [6, 6.07) is 4.82. The molecule has 0 atom stereocenters. The van der Waals surface area contributed by atoms with Crippen LogP contribution in [-0.4, -0.2) is 18.4 Å². The average molecular weight is 166 g/mol. The summed E-state index contributed by atoms with van der Waals surface area (Å²) in [6.45, 7) is 0. The monoisotopic (exact) mass is 166 g/mol. The van der Waals surface area contributed by atoms with Crippen LogP contribution in [0, 0.1) is 0 Å². The van der Waals surface area contributed by atoms with Gasteiger partial charge < -0.3 is 15.7 Å². The molecule has 0 saturated carbocycles. The fourth-order valence-corrected chi connectivity index (χ4v) is 0.843. The van der Waals surface area contributed by atoms with Gasteiger partial charge in [0.2, 0.25) is 0 Å². The summed E-state index contributed by atoms with van der Waals surface area (Å²) in [4.78, 5) is 0. The fraction of sp³-hybridized carbons (Fsp3) is 0.125. The van der Waals surface area contributed by atoms with Gasteiger partial charge in [0.05, 0.1) is 13.3 Å². The summed E-state index contributed by atoms with van der Waals surface area (Å²) in [6.07, 6.45) is 1.36. The van der Waals surface area contributed by atoms with Gasteiger partial charge in [-0.1, -0.05) is 0 Å². The van der Waals surface area contributed by atoms with Crippen LogP contribution in [0.3, 0.4) is 0 Å². The van der Waals surface area contributed by atoms with Crippen molar-refractivity contribution in [2.75, 3.05) is 7.11 Å². The summed E-state index contributed by atoms with van der Waals surface area (Å²) < 4.78 is 4.94. The van der Waals surface area contributed by atoms with Crippen molar-refractivity contribution < 1.29 is 9.84 Å². The maximum absolute atomic E-state index is 9.26. The van der Waals surface area contributed by atoms with Gasteiger partial charge in [-0.2, -0.15) is 5.10 Å². The molecule has 0 amide bonds. The Hall–Kier alpha value is -1.71. The Labute approximate surface area is 70.3 Å². The van der Waals surface area contributed by atoms with E-state index in [1.54, 1.807) is 19.2 Å². The number of methoxy groups -OCH3 is 1. The van der Waals surface area contributed by atoms with Crippen LogP contribution in [0.2, 0.25) is 0 Å². The lowest BCUT2D eigenvalue weighted by atomic mass is 10.2. The van der Waals surface area contributed by atoms with E-state index in [1.165, 1.54) is 12.3 Å². The second kappa shape index (κ2) is 3.61. The zero-order chi connectivity index (χ0) is 8.97. The number of hydrogen-bond acceptors (Lipinski definition) is 4. The van der Waals surface area contributed by atoms with Crippen molar-refractivity contribution in [2.45, 2.75) is 0 Å². The van der Waals surface area contributed by atoms with Gasteiger partial charge in [0.15, 0.2) is 0 Å². The Balaban J connectivity index is 3.08. The Morgan fingerprint density at radius 2 is 2.33 bits per heavy atom. The number of benzene rings is 1. The smallest absolute Gasteiger partial charge is 0.124 e. The largest absolute Gasteiger partial charge is 0.507 e. The van der Waals surface area contributed by atoms with E-state index >= 15 is 0 Å². The van der Waals surface area contributed by atoms with E-state index in [0.29, 0.717) is 11.3 Å². The van der Waals surface area contributed by atoms with Crippen molar-refractivity contribution >= 4 is 6.21 Å². The van der Waals surface area contributed by atoms with E-state index in [-0.39, 0.29) is 5.75 Å². The highest BCUT2D eigenvalue weighted by atomic mass is 16.5. The fourth-order valence-electron chi connectivity index (χ4n) is 0.843. The second-order valence-corrected chi connectivity index (χ2v) is 2.20. The first-order valence-corrected chi connectivity index (χ1v) is 3.38. The Morgan fingerprint density at radius 3 is 2.92 bits per heavy atom. The number of nitrogens with zero attached hydrogens (tertiary/aromatic N) is 1. The lowest BCUT2D eigenvalue weighted by Crippen LogP contribution is -1.89. The molecule has 0 bridgehead atoms. The van der Waals surface area contributed by atoms with E-state index in [2.05, 4.69) is 5.10 Å². The van der Waals surface area contributed by atoms with Gasteiger partial charge in [-0.15, -0.1) is 0 Å². The highest BCUT2D eigenvalue weighted by Crippen LogP contribution is 2.20. The molecule has 0 saturated heterocycles. The number of phenols is 1. The molecule has 0 spiro atoms. The van der Waals surface area contributed by atoms with Crippen molar-refractivity contribution in [1.82, 2.24) is 0 Å². The van der Waals surface area contributed by atoms with Gasteiger partial charge in [0.25, 0.3) is 0 Å². The molecule has 3 N–H and O–H groups in total. The van der Waals surface area contributed by atoms with Crippen molar-refractivity contribution in [2.24, 2.45) is 10.9 Å². The van der Waals surface area contributed by atoms with Gasteiger partial charge >= 0.3 is 0 Å². The van der Waals surface area contributed by atoms with E-state index in [0.717, 1.165) is 0 Å². The summed E-state index contributed by atoms with van der Waals surface area (Å²) in [7, 11) is 1.55. The Morgan fingerprint density at radius 1 is 1.58 bits per heavy atom. The van der Waals surface area contributed by atoms with E-state index < -0.39 is 0 Å². The summed E-state index contributed by atoms with van der Waals surface area (Å²) in [5.41, 5.74) is 0.539. The predicted molar refractivity (Wildman–Crippen MR) is 46.4 cm³/mol. The predicted octanol–water partition coefficient (Wildman–Crippen LogP) is 0.693. The van der Waals surface area contributed by atoms with E-state index in [1.807, 2.05) is 0 Å². The maximum Gasteiger partial charge on any atom is 0.124 e. The normalized spacial score (nSPS) is 10.4. The molecule has 4 heteroatoms. The molecule has 0 aliphatic rings. The van der Waals surface area contributed by atoms with Crippen molar-refractivity contribution in [3.05, 3.63) is 23.8 Å². The number of ether oxygens (including phenoxy) is 1. The minimum Gasteiger partial charge on any atom is -0.507 e. The number of hydrazone groups is 1. The quantitative estimate of drug-likeness (QED) is 0.386. The van der Waals surface area contributed by atoms with Crippen LogP contribution in [0.25, 0.3) is 0 Å². The van der Waals surface area contributed by atoms with Gasteiger partial charge in [0.1, 0.15) is 11.5 Å². The van der Waals surface area contributed by atoms with Crippen LogP contribution in [0.5, 0.6) is 11.5 Å². The molecule has 0 aromatic heterocycles. The molecular weight excluding hydrogens is 156 g/mol. The van der Waals surface area contributed by atoms with Crippen LogP contribution in [0.4, 0.5) is 0 Å².